The van der Waals surface area contributed by atoms with Crippen molar-refractivity contribution < 1.29 is 41.0 Å². The van der Waals surface area contributed by atoms with Crippen molar-refractivity contribution in [1.29, 1.82) is 0 Å². The lowest BCUT2D eigenvalue weighted by Gasteiger charge is -2.15. The summed E-state index contributed by atoms with van der Waals surface area (Å²) in [5, 5.41) is 11.6. The molecule has 136 valence electrons. The monoisotopic (exact) mass is 385 g/mol. The van der Waals surface area contributed by atoms with Crippen molar-refractivity contribution in [3.8, 4) is 0 Å². The van der Waals surface area contributed by atoms with Crippen molar-refractivity contribution >= 4 is 33.3 Å². The molecule has 0 saturated carbocycles. The molecule has 0 spiro atoms. The van der Waals surface area contributed by atoms with E-state index < -0.39 is 42.3 Å². The Kier molecular flexibility index (Phi) is 4.98. The molecule has 0 saturated heterocycles. The molecule has 2 rings (SSSR count). The van der Waals surface area contributed by atoms with Crippen LogP contribution in [0.4, 0.5) is 26.3 Å². The summed E-state index contributed by atoms with van der Waals surface area (Å²) in [6, 6.07) is 1.34. The van der Waals surface area contributed by atoms with E-state index in [4.69, 9.17) is 5.11 Å². The van der Waals surface area contributed by atoms with Gasteiger partial charge in [0.25, 0.3) is 0 Å². The van der Waals surface area contributed by atoms with Crippen LogP contribution in [0.5, 0.6) is 0 Å². The van der Waals surface area contributed by atoms with Crippen molar-refractivity contribution in [1.82, 2.24) is 5.32 Å². The molecule has 1 amide bonds. The van der Waals surface area contributed by atoms with Crippen molar-refractivity contribution in [3.05, 3.63) is 34.7 Å². The van der Waals surface area contributed by atoms with Crippen molar-refractivity contribution in [2.24, 2.45) is 0 Å². The largest absolute Gasteiger partial charge is 0.480 e. The summed E-state index contributed by atoms with van der Waals surface area (Å²) in [7, 11) is 0. The van der Waals surface area contributed by atoms with Crippen LogP contribution in [0.3, 0.4) is 0 Å². The number of nitrogens with one attached hydrogen (secondary N) is 1. The molecule has 1 aromatic heterocycles. The van der Waals surface area contributed by atoms with Gasteiger partial charge in [0.15, 0.2) is 0 Å². The van der Waals surface area contributed by atoms with E-state index in [0.29, 0.717) is 11.3 Å². The second kappa shape index (κ2) is 6.54. The molecule has 1 atom stereocenters. The number of thiophene rings is 1. The Labute approximate surface area is 140 Å². The number of carbonyl (C=O) groups is 2. The van der Waals surface area contributed by atoms with Crippen molar-refractivity contribution in [2.75, 3.05) is 0 Å². The number of aliphatic carboxylic acids is 1. The van der Waals surface area contributed by atoms with E-state index in [0.717, 1.165) is 12.1 Å². The Morgan fingerprint density at radius 3 is 2.32 bits per heavy atom. The predicted molar refractivity (Wildman–Crippen MR) is 76.2 cm³/mol. The number of hydrogen-bond acceptors (Lipinski definition) is 3. The molecule has 0 aliphatic heterocycles. The van der Waals surface area contributed by atoms with E-state index in [1.54, 1.807) is 0 Å². The van der Waals surface area contributed by atoms with Crippen molar-refractivity contribution in [3.63, 3.8) is 0 Å². The van der Waals surface area contributed by atoms with E-state index in [-0.39, 0.29) is 15.6 Å². The number of alkyl halides is 6. The maximum Gasteiger partial charge on any atom is 0.471 e. The molecular formula is C14H9F6NO3S. The van der Waals surface area contributed by atoms with Crippen LogP contribution < -0.4 is 5.32 Å². The normalized spacial score (nSPS) is 13.7. The van der Waals surface area contributed by atoms with Crippen LogP contribution in [0.25, 0.3) is 10.1 Å². The highest BCUT2D eigenvalue weighted by Gasteiger charge is 2.41. The summed E-state index contributed by atoms with van der Waals surface area (Å²) >= 11 is 0.698. The standard InChI is InChI=1S/C14H9F6NO3S/c15-13(16,17)8-3-1-2-7-6(5-25-10(7)8)4-9(11(22)23)21-12(24)14(18,19)20/h1-3,5,9H,4H2,(H,21,24)(H,22,23)/t9-/m0/s1. The van der Waals surface area contributed by atoms with Gasteiger partial charge in [-0.05, 0) is 22.4 Å². The van der Waals surface area contributed by atoms with Gasteiger partial charge in [0, 0.05) is 11.1 Å². The zero-order valence-electron chi connectivity index (χ0n) is 12.0. The van der Waals surface area contributed by atoms with Gasteiger partial charge in [-0.25, -0.2) is 4.79 Å². The topological polar surface area (TPSA) is 66.4 Å². The number of carboxylic acid groups (broad SMARTS) is 1. The molecule has 0 aliphatic rings. The minimum Gasteiger partial charge on any atom is -0.480 e. The third kappa shape index (κ3) is 4.21. The first-order chi connectivity index (χ1) is 11.4. The van der Waals surface area contributed by atoms with E-state index in [1.165, 1.54) is 16.8 Å². The number of hydrogen-bond donors (Lipinski definition) is 2. The summed E-state index contributed by atoms with van der Waals surface area (Å²) < 4.78 is 75.5. The molecule has 0 unspecified atom stereocenters. The molecule has 0 radical (unpaired) electrons. The second-order valence-electron chi connectivity index (χ2n) is 5.01. The van der Waals surface area contributed by atoms with Crippen LogP contribution in [0.1, 0.15) is 11.1 Å². The second-order valence-corrected chi connectivity index (χ2v) is 5.89. The summed E-state index contributed by atoms with van der Waals surface area (Å²) in [6.45, 7) is 0. The molecule has 25 heavy (non-hydrogen) atoms. The Morgan fingerprint density at radius 2 is 1.80 bits per heavy atom. The lowest BCUT2D eigenvalue weighted by atomic mass is 10.0. The Hall–Kier alpha value is -2.30. The average Bonchev–Trinajstić information content (AvgIpc) is 2.87. The van der Waals surface area contributed by atoms with E-state index in [9.17, 15) is 35.9 Å². The van der Waals surface area contributed by atoms with E-state index in [2.05, 4.69) is 0 Å². The summed E-state index contributed by atoms with van der Waals surface area (Å²) in [5.74, 6) is -4.17. The number of carbonyl (C=O) groups excluding carboxylic acids is 1. The van der Waals surface area contributed by atoms with Crippen LogP contribution in [0, 0.1) is 0 Å². The number of rotatable bonds is 4. The molecule has 0 fully saturated rings. The molecule has 2 aromatic rings. The summed E-state index contributed by atoms with van der Waals surface area (Å²) in [6.07, 6.45) is -10.5. The minimum absolute atomic E-state index is 0.0762. The number of halogens is 6. The fraction of sp³-hybridized carbons (Fsp3) is 0.286. The maximum absolute atomic E-state index is 13.0. The van der Waals surface area contributed by atoms with E-state index >= 15 is 0 Å². The number of benzene rings is 1. The highest BCUT2D eigenvalue weighted by Crippen LogP contribution is 2.39. The molecule has 4 nitrogen and oxygen atoms in total. The Bertz CT molecular complexity index is 811. The molecule has 1 aromatic carbocycles. The number of fused-ring (bicyclic) bond motifs is 1. The summed E-state index contributed by atoms with van der Waals surface area (Å²) in [4.78, 5) is 22.0. The zero-order chi connectivity index (χ0) is 19.0. The smallest absolute Gasteiger partial charge is 0.471 e. The molecule has 2 N–H and O–H groups in total. The Morgan fingerprint density at radius 1 is 1.16 bits per heavy atom. The van der Waals surface area contributed by atoms with Gasteiger partial charge in [0.2, 0.25) is 0 Å². The third-order valence-electron chi connectivity index (χ3n) is 3.27. The van der Waals surface area contributed by atoms with Crippen LogP contribution in [-0.4, -0.2) is 29.2 Å². The number of carboxylic acids is 1. The zero-order valence-corrected chi connectivity index (χ0v) is 12.9. The third-order valence-corrected chi connectivity index (χ3v) is 4.35. The molecule has 11 heteroatoms. The first-order valence-corrected chi connectivity index (χ1v) is 7.46. The van der Waals surface area contributed by atoms with Gasteiger partial charge in [-0.15, -0.1) is 11.3 Å². The van der Waals surface area contributed by atoms with Gasteiger partial charge in [-0.3, -0.25) is 4.79 Å². The van der Waals surface area contributed by atoms with Gasteiger partial charge in [0.05, 0.1) is 5.56 Å². The number of amides is 1. The average molecular weight is 385 g/mol. The van der Waals surface area contributed by atoms with Gasteiger partial charge in [-0.2, -0.15) is 26.3 Å². The fourth-order valence-electron chi connectivity index (χ4n) is 2.15. The maximum atomic E-state index is 13.0. The summed E-state index contributed by atoms with van der Waals surface area (Å²) in [5.41, 5.74) is -0.826. The van der Waals surface area contributed by atoms with Crippen LogP contribution >= 0.6 is 11.3 Å². The molecular weight excluding hydrogens is 376 g/mol. The first-order valence-electron chi connectivity index (χ1n) is 6.58. The van der Waals surface area contributed by atoms with E-state index in [1.807, 2.05) is 0 Å². The van der Waals surface area contributed by atoms with Crippen molar-refractivity contribution in [2.45, 2.75) is 24.8 Å². The van der Waals surface area contributed by atoms with Gasteiger partial charge < -0.3 is 10.4 Å². The lowest BCUT2D eigenvalue weighted by Crippen LogP contribution is -2.47. The molecule has 0 aliphatic carbocycles. The predicted octanol–water partition coefficient (Wildman–Crippen LogP) is 3.59. The van der Waals surface area contributed by atoms with Gasteiger partial charge in [-0.1, -0.05) is 12.1 Å². The first kappa shape index (κ1) is 19.0. The highest BCUT2D eigenvalue weighted by molar-refractivity contribution is 7.17. The van der Waals surface area contributed by atoms with Crippen LogP contribution in [-0.2, 0) is 22.2 Å². The van der Waals surface area contributed by atoms with Gasteiger partial charge in [0.1, 0.15) is 6.04 Å². The SMILES string of the molecule is O=C(O)[C@H](Cc1csc2c(C(F)(F)F)cccc12)NC(=O)C(F)(F)F. The molecule has 0 bridgehead atoms. The van der Waals surface area contributed by atoms with Crippen LogP contribution in [0.15, 0.2) is 23.6 Å². The Balaban J connectivity index is 2.35. The van der Waals surface area contributed by atoms with Crippen LogP contribution in [0.2, 0.25) is 0 Å². The fourth-order valence-corrected chi connectivity index (χ4v) is 3.27. The molecule has 1 heterocycles. The minimum atomic E-state index is -5.27. The highest BCUT2D eigenvalue weighted by atomic mass is 32.1. The quantitative estimate of drug-likeness (QED) is 0.791. The van der Waals surface area contributed by atoms with Gasteiger partial charge >= 0.3 is 24.2 Å². The lowest BCUT2D eigenvalue weighted by molar-refractivity contribution is -0.175.